The number of nitrogens with one attached hydrogen (secondary N) is 2. The molecule has 2 aromatic rings. The summed E-state index contributed by atoms with van der Waals surface area (Å²) < 4.78 is 0. The molecule has 2 heterocycles. The summed E-state index contributed by atoms with van der Waals surface area (Å²) in [6.07, 6.45) is 3.49. The molecule has 0 bridgehead atoms. The number of aromatic amines is 1. The molecule has 0 spiro atoms. The Morgan fingerprint density at radius 3 is 2.88 bits per heavy atom. The summed E-state index contributed by atoms with van der Waals surface area (Å²) in [5.74, 6) is 0. The summed E-state index contributed by atoms with van der Waals surface area (Å²) in [5, 5.41) is 4.78. The number of H-pyrrole nitrogens is 1. The van der Waals surface area contributed by atoms with Gasteiger partial charge in [0.1, 0.15) is 0 Å². The van der Waals surface area contributed by atoms with Gasteiger partial charge < -0.3 is 10.3 Å². The minimum Gasteiger partial charge on any atom is -0.358 e. The van der Waals surface area contributed by atoms with Gasteiger partial charge in [-0.3, -0.25) is 0 Å². The second kappa shape index (κ2) is 3.80. The molecule has 82 valence electrons. The Labute approximate surface area is 95.4 Å². The van der Waals surface area contributed by atoms with E-state index in [2.05, 4.69) is 47.6 Å². The predicted molar refractivity (Wildman–Crippen MR) is 68.5 cm³/mol. The fourth-order valence-electron chi connectivity index (χ4n) is 2.52. The molecule has 1 aromatic heterocycles. The van der Waals surface area contributed by atoms with Crippen molar-refractivity contribution < 1.29 is 0 Å². The van der Waals surface area contributed by atoms with E-state index in [9.17, 15) is 0 Å². The van der Waals surface area contributed by atoms with Gasteiger partial charge in [0.25, 0.3) is 0 Å². The molecule has 2 N–H and O–H groups in total. The van der Waals surface area contributed by atoms with E-state index in [1.807, 2.05) is 0 Å². The van der Waals surface area contributed by atoms with Gasteiger partial charge in [0.2, 0.25) is 0 Å². The van der Waals surface area contributed by atoms with Crippen LogP contribution in [0.15, 0.2) is 30.3 Å². The largest absolute Gasteiger partial charge is 0.358 e. The van der Waals surface area contributed by atoms with Crippen molar-refractivity contribution in [2.75, 3.05) is 13.1 Å². The lowest BCUT2D eigenvalue weighted by Gasteiger charge is -2.14. The summed E-state index contributed by atoms with van der Waals surface area (Å²) in [6.45, 7) is 4.25. The van der Waals surface area contributed by atoms with Crippen molar-refractivity contribution in [3.63, 3.8) is 0 Å². The second-order valence-corrected chi connectivity index (χ2v) is 4.37. The first-order valence-corrected chi connectivity index (χ1v) is 5.83. The smallest absolute Gasteiger partial charge is 0.0462 e. The van der Waals surface area contributed by atoms with Crippen molar-refractivity contribution in [3.8, 4) is 0 Å². The highest BCUT2D eigenvalue weighted by atomic mass is 14.9. The minimum absolute atomic E-state index is 0.989. The maximum Gasteiger partial charge on any atom is 0.0462 e. The summed E-state index contributed by atoms with van der Waals surface area (Å²) in [4.78, 5) is 3.46. The molecule has 0 radical (unpaired) electrons. The molecule has 1 aromatic carbocycles. The molecule has 0 atom stereocenters. The third-order valence-electron chi connectivity index (χ3n) is 3.24. The van der Waals surface area contributed by atoms with Crippen LogP contribution in [0.25, 0.3) is 16.5 Å². The molecular weight excluding hydrogens is 196 g/mol. The molecule has 1 aliphatic rings. The van der Waals surface area contributed by atoms with Crippen molar-refractivity contribution in [1.82, 2.24) is 10.3 Å². The first-order valence-electron chi connectivity index (χ1n) is 5.83. The molecule has 1 aliphatic heterocycles. The van der Waals surface area contributed by atoms with E-state index in [1.54, 1.807) is 0 Å². The molecule has 0 saturated heterocycles. The lowest BCUT2D eigenvalue weighted by Crippen LogP contribution is -2.21. The third kappa shape index (κ3) is 1.46. The van der Waals surface area contributed by atoms with E-state index >= 15 is 0 Å². The summed E-state index contributed by atoms with van der Waals surface area (Å²) in [6, 6.07) is 8.53. The van der Waals surface area contributed by atoms with Crippen LogP contribution in [-0.2, 0) is 0 Å². The first kappa shape index (κ1) is 9.67. The fourth-order valence-corrected chi connectivity index (χ4v) is 2.52. The van der Waals surface area contributed by atoms with Crippen molar-refractivity contribution >= 4 is 16.5 Å². The zero-order valence-electron chi connectivity index (χ0n) is 9.51. The van der Waals surface area contributed by atoms with Crippen LogP contribution in [0.1, 0.15) is 17.7 Å². The number of aromatic nitrogens is 1. The van der Waals surface area contributed by atoms with E-state index in [0.29, 0.717) is 0 Å². The highest BCUT2D eigenvalue weighted by molar-refractivity contribution is 5.94. The topological polar surface area (TPSA) is 27.8 Å². The van der Waals surface area contributed by atoms with Gasteiger partial charge in [-0.25, -0.2) is 0 Å². The first-order chi connectivity index (χ1) is 7.86. The summed E-state index contributed by atoms with van der Waals surface area (Å²) in [5.41, 5.74) is 5.33. The maximum atomic E-state index is 3.46. The van der Waals surface area contributed by atoms with Crippen LogP contribution in [0, 0.1) is 6.92 Å². The van der Waals surface area contributed by atoms with Crippen LogP contribution in [-0.4, -0.2) is 18.1 Å². The zero-order chi connectivity index (χ0) is 11.0. The van der Waals surface area contributed by atoms with Crippen LogP contribution in [0.4, 0.5) is 0 Å². The standard InChI is InChI=1S/C14H16N2/c1-10-14(11-5-4-8-15-9-11)12-6-2-3-7-13(12)16-10/h2-3,5-7,15-16H,4,8-9H2,1H3. The molecule has 2 heteroatoms. The third-order valence-corrected chi connectivity index (χ3v) is 3.24. The molecule has 0 saturated carbocycles. The number of hydrogen-bond acceptors (Lipinski definition) is 1. The van der Waals surface area contributed by atoms with Gasteiger partial charge in [0.05, 0.1) is 0 Å². The van der Waals surface area contributed by atoms with Gasteiger partial charge in [0.15, 0.2) is 0 Å². The van der Waals surface area contributed by atoms with E-state index in [1.165, 1.54) is 27.7 Å². The van der Waals surface area contributed by atoms with Crippen LogP contribution in [0.2, 0.25) is 0 Å². The number of para-hydroxylation sites is 1. The van der Waals surface area contributed by atoms with Crippen LogP contribution < -0.4 is 5.32 Å². The lowest BCUT2D eigenvalue weighted by atomic mass is 9.99. The highest BCUT2D eigenvalue weighted by Crippen LogP contribution is 2.29. The van der Waals surface area contributed by atoms with Gasteiger partial charge >= 0.3 is 0 Å². The Kier molecular flexibility index (Phi) is 2.29. The normalized spacial score (nSPS) is 16.4. The van der Waals surface area contributed by atoms with E-state index in [0.717, 1.165) is 19.5 Å². The van der Waals surface area contributed by atoms with Gasteiger partial charge in [0, 0.05) is 28.7 Å². The molecule has 2 nitrogen and oxygen atoms in total. The Hall–Kier alpha value is -1.54. The summed E-state index contributed by atoms with van der Waals surface area (Å²) >= 11 is 0. The van der Waals surface area contributed by atoms with E-state index < -0.39 is 0 Å². The van der Waals surface area contributed by atoms with Gasteiger partial charge in [-0.1, -0.05) is 24.3 Å². The molecule has 16 heavy (non-hydrogen) atoms. The zero-order valence-corrected chi connectivity index (χ0v) is 9.51. The monoisotopic (exact) mass is 212 g/mol. The summed E-state index contributed by atoms with van der Waals surface area (Å²) in [7, 11) is 0. The van der Waals surface area contributed by atoms with Crippen molar-refractivity contribution in [2.24, 2.45) is 0 Å². The fraction of sp³-hybridized carbons (Fsp3) is 0.286. The van der Waals surface area contributed by atoms with Crippen molar-refractivity contribution in [3.05, 3.63) is 41.6 Å². The number of fused-ring (bicyclic) bond motifs is 1. The second-order valence-electron chi connectivity index (χ2n) is 4.37. The van der Waals surface area contributed by atoms with Crippen molar-refractivity contribution in [1.29, 1.82) is 0 Å². The van der Waals surface area contributed by atoms with Crippen LogP contribution in [0.5, 0.6) is 0 Å². The minimum atomic E-state index is 0.989. The predicted octanol–water partition coefficient (Wildman–Crippen LogP) is 2.85. The number of rotatable bonds is 1. The molecule has 0 unspecified atom stereocenters. The van der Waals surface area contributed by atoms with E-state index in [-0.39, 0.29) is 0 Å². The van der Waals surface area contributed by atoms with Crippen LogP contribution >= 0.6 is 0 Å². The number of benzene rings is 1. The average Bonchev–Trinajstić information content (AvgIpc) is 2.66. The quantitative estimate of drug-likeness (QED) is 0.747. The van der Waals surface area contributed by atoms with Gasteiger partial charge in [-0.05, 0) is 31.5 Å². The number of hydrogen-bond donors (Lipinski definition) is 2. The SMILES string of the molecule is Cc1[nH]c2ccccc2c1C1=CCCNC1. The van der Waals surface area contributed by atoms with Gasteiger partial charge in [-0.15, -0.1) is 0 Å². The molecule has 3 rings (SSSR count). The highest BCUT2D eigenvalue weighted by Gasteiger charge is 2.13. The molecule has 0 amide bonds. The van der Waals surface area contributed by atoms with Crippen molar-refractivity contribution in [2.45, 2.75) is 13.3 Å². The maximum absolute atomic E-state index is 3.46. The van der Waals surface area contributed by atoms with Gasteiger partial charge in [-0.2, -0.15) is 0 Å². The Balaban J connectivity index is 2.21. The Morgan fingerprint density at radius 1 is 1.19 bits per heavy atom. The molecule has 0 fully saturated rings. The molecular formula is C14H16N2. The van der Waals surface area contributed by atoms with E-state index in [4.69, 9.17) is 0 Å². The Morgan fingerprint density at radius 2 is 2.06 bits per heavy atom. The Bertz CT molecular complexity index is 549. The van der Waals surface area contributed by atoms with Crippen LogP contribution in [0.3, 0.4) is 0 Å². The number of aryl methyl sites for hydroxylation is 1. The molecule has 0 aliphatic carbocycles. The average molecular weight is 212 g/mol. The lowest BCUT2D eigenvalue weighted by molar-refractivity contribution is 0.739.